The third kappa shape index (κ3) is 3.37. The quantitative estimate of drug-likeness (QED) is 0.431. The van der Waals surface area contributed by atoms with E-state index in [-0.39, 0.29) is 28.0 Å². The summed E-state index contributed by atoms with van der Waals surface area (Å²) in [5.41, 5.74) is 0.528. The standard InChI is InChI=1S/C20H18ClF2IN2O3/c1-29-18(28)10-5-6-11-14(9-10)26(25-16(11)24)17(27)15-12(3-2-4-13(15)21)20(7-8-20)19(22)23/h2-4,10,19H,5-9H2,1H3. The average molecular weight is 535 g/mol. The van der Waals surface area contributed by atoms with E-state index in [1.165, 1.54) is 17.9 Å². The number of hydrogen-bond acceptors (Lipinski definition) is 4. The van der Waals surface area contributed by atoms with Gasteiger partial charge in [-0.15, -0.1) is 0 Å². The predicted octanol–water partition coefficient (Wildman–Crippen LogP) is 4.40. The molecular formula is C20H18ClF2IN2O3. The minimum atomic E-state index is -2.58. The molecule has 1 unspecified atom stereocenters. The lowest BCUT2D eigenvalue weighted by atomic mass is 9.87. The molecular weight excluding hydrogens is 517 g/mol. The number of methoxy groups -OCH3 is 1. The summed E-state index contributed by atoms with van der Waals surface area (Å²) in [6.07, 6.45) is -0.445. The lowest BCUT2D eigenvalue weighted by molar-refractivity contribution is -0.145. The largest absolute Gasteiger partial charge is 0.469 e. The van der Waals surface area contributed by atoms with Gasteiger partial charge >= 0.3 is 5.97 Å². The zero-order valence-corrected chi connectivity index (χ0v) is 18.5. The van der Waals surface area contributed by atoms with Crippen molar-refractivity contribution in [1.82, 2.24) is 9.78 Å². The first-order valence-electron chi connectivity index (χ1n) is 9.26. The zero-order chi connectivity index (χ0) is 20.9. The highest BCUT2D eigenvalue weighted by molar-refractivity contribution is 14.1. The van der Waals surface area contributed by atoms with Gasteiger partial charge in [0.05, 0.1) is 34.7 Å². The summed E-state index contributed by atoms with van der Waals surface area (Å²) < 4.78 is 34.3. The van der Waals surface area contributed by atoms with E-state index in [0.717, 1.165) is 5.56 Å². The average Bonchev–Trinajstić information content (AvgIpc) is 3.46. The number of esters is 1. The van der Waals surface area contributed by atoms with Crippen molar-refractivity contribution >= 4 is 46.1 Å². The van der Waals surface area contributed by atoms with Gasteiger partial charge in [-0.25, -0.2) is 8.78 Å². The molecule has 1 aromatic carbocycles. The fourth-order valence-corrected chi connectivity index (χ4v) is 5.16. The number of aromatic nitrogens is 2. The maximum atomic E-state index is 13.8. The molecule has 2 aliphatic rings. The van der Waals surface area contributed by atoms with Gasteiger partial charge in [-0.1, -0.05) is 23.7 Å². The first kappa shape index (κ1) is 20.7. The van der Waals surface area contributed by atoms with Crippen LogP contribution >= 0.6 is 34.2 Å². The number of halogens is 4. The monoisotopic (exact) mass is 534 g/mol. The van der Waals surface area contributed by atoms with Gasteiger partial charge in [0.2, 0.25) is 6.43 Å². The second kappa shape index (κ2) is 7.61. The van der Waals surface area contributed by atoms with Crippen molar-refractivity contribution in [3.05, 3.63) is 49.3 Å². The van der Waals surface area contributed by atoms with Gasteiger partial charge in [-0.3, -0.25) is 9.59 Å². The molecule has 154 valence electrons. The number of hydrogen-bond donors (Lipinski definition) is 0. The van der Waals surface area contributed by atoms with E-state index in [9.17, 15) is 18.4 Å². The normalized spacial score (nSPS) is 19.7. The molecule has 0 radical (unpaired) electrons. The van der Waals surface area contributed by atoms with Crippen molar-refractivity contribution in [3.8, 4) is 0 Å². The van der Waals surface area contributed by atoms with Crippen LogP contribution in [0, 0.1) is 9.62 Å². The van der Waals surface area contributed by atoms with Crippen molar-refractivity contribution in [2.75, 3.05) is 7.11 Å². The SMILES string of the molecule is COC(=O)C1CCc2c(I)nn(C(=O)c3c(Cl)cccc3C3(C(F)F)CC3)c2C1. The molecule has 29 heavy (non-hydrogen) atoms. The van der Waals surface area contributed by atoms with E-state index in [4.69, 9.17) is 16.3 Å². The van der Waals surface area contributed by atoms with Crippen LogP contribution in [0.1, 0.15) is 46.4 Å². The van der Waals surface area contributed by atoms with Crippen LogP contribution in [-0.2, 0) is 27.8 Å². The van der Waals surface area contributed by atoms with E-state index >= 15 is 0 Å². The van der Waals surface area contributed by atoms with E-state index in [1.54, 1.807) is 12.1 Å². The molecule has 1 fully saturated rings. The Hall–Kier alpha value is -1.55. The van der Waals surface area contributed by atoms with Crippen LogP contribution in [0.4, 0.5) is 8.78 Å². The summed E-state index contributed by atoms with van der Waals surface area (Å²) in [4.78, 5) is 25.5. The van der Waals surface area contributed by atoms with E-state index in [2.05, 4.69) is 27.7 Å². The van der Waals surface area contributed by atoms with Gasteiger partial charge in [-0.2, -0.15) is 9.78 Å². The topological polar surface area (TPSA) is 61.2 Å². The number of rotatable bonds is 4. The molecule has 1 aromatic heterocycles. The molecule has 0 bridgehead atoms. The van der Waals surface area contributed by atoms with Crippen molar-refractivity contribution in [2.24, 2.45) is 5.92 Å². The second-order valence-electron chi connectivity index (χ2n) is 7.52. The van der Waals surface area contributed by atoms with Gasteiger partial charge in [0.1, 0.15) is 3.70 Å². The van der Waals surface area contributed by atoms with E-state index in [0.29, 0.717) is 41.5 Å². The highest BCUT2D eigenvalue weighted by atomic mass is 127. The van der Waals surface area contributed by atoms with Crippen molar-refractivity contribution < 1.29 is 23.1 Å². The molecule has 0 spiro atoms. The minimum absolute atomic E-state index is 0.0638. The maximum Gasteiger partial charge on any atom is 0.309 e. The van der Waals surface area contributed by atoms with Crippen LogP contribution in [0.2, 0.25) is 5.02 Å². The number of alkyl halides is 2. The number of carbonyl (C=O) groups excluding carboxylic acids is 2. The number of nitrogens with zero attached hydrogens (tertiary/aromatic N) is 2. The summed E-state index contributed by atoms with van der Waals surface area (Å²) in [5.74, 6) is -1.24. The summed E-state index contributed by atoms with van der Waals surface area (Å²) in [7, 11) is 1.33. The predicted molar refractivity (Wildman–Crippen MR) is 111 cm³/mol. The first-order chi connectivity index (χ1) is 13.8. The third-order valence-corrected chi connectivity index (χ3v) is 7.10. The smallest absolute Gasteiger partial charge is 0.309 e. The van der Waals surface area contributed by atoms with Gasteiger partial charge in [0.25, 0.3) is 5.91 Å². The Morgan fingerprint density at radius 2 is 2.10 bits per heavy atom. The zero-order valence-electron chi connectivity index (χ0n) is 15.6. The molecule has 1 saturated carbocycles. The summed E-state index contributed by atoms with van der Waals surface area (Å²) in [6, 6.07) is 4.67. The van der Waals surface area contributed by atoms with Crippen LogP contribution in [0.25, 0.3) is 0 Å². The Bertz CT molecular complexity index is 1000. The molecule has 0 amide bonds. The van der Waals surface area contributed by atoms with Gasteiger partial charge in [0.15, 0.2) is 0 Å². The Balaban J connectivity index is 1.79. The molecule has 2 aromatic rings. The van der Waals surface area contributed by atoms with E-state index in [1.807, 2.05) is 0 Å². The Kier molecular flexibility index (Phi) is 5.43. The Morgan fingerprint density at radius 3 is 2.72 bits per heavy atom. The van der Waals surface area contributed by atoms with Crippen LogP contribution in [0.15, 0.2) is 18.2 Å². The van der Waals surface area contributed by atoms with Gasteiger partial charge < -0.3 is 4.74 Å². The molecule has 0 aliphatic heterocycles. The summed E-state index contributed by atoms with van der Waals surface area (Å²) in [6.45, 7) is 0. The molecule has 1 heterocycles. The van der Waals surface area contributed by atoms with Gasteiger partial charge in [-0.05, 0) is 59.9 Å². The third-order valence-electron chi connectivity index (χ3n) is 5.92. The summed E-state index contributed by atoms with van der Waals surface area (Å²) in [5, 5.41) is 4.50. The van der Waals surface area contributed by atoms with Crippen molar-refractivity contribution in [2.45, 2.75) is 43.9 Å². The summed E-state index contributed by atoms with van der Waals surface area (Å²) >= 11 is 8.38. The fraction of sp³-hybridized carbons (Fsp3) is 0.450. The second-order valence-corrected chi connectivity index (χ2v) is 8.94. The lowest BCUT2D eigenvalue weighted by Crippen LogP contribution is -2.29. The van der Waals surface area contributed by atoms with Crippen molar-refractivity contribution in [1.29, 1.82) is 0 Å². The number of ether oxygens (including phenoxy) is 1. The molecule has 4 rings (SSSR count). The van der Waals surface area contributed by atoms with Crippen molar-refractivity contribution in [3.63, 3.8) is 0 Å². The highest BCUT2D eigenvalue weighted by Gasteiger charge is 2.54. The molecule has 1 atom stereocenters. The number of benzene rings is 1. The Labute approximate surface area is 184 Å². The van der Waals surface area contributed by atoms with Crippen LogP contribution in [0.5, 0.6) is 0 Å². The van der Waals surface area contributed by atoms with Gasteiger partial charge in [0, 0.05) is 12.0 Å². The molecule has 0 N–H and O–H groups in total. The molecule has 2 aliphatic carbocycles. The number of carbonyl (C=O) groups is 2. The lowest BCUT2D eigenvalue weighted by Gasteiger charge is -2.22. The minimum Gasteiger partial charge on any atom is -0.469 e. The molecule has 0 saturated heterocycles. The fourth-order valence-electron chi connectivity index (χ4n) is 4.10. The number of fused-ring (bicyclic) bond motifs is 1. The molecule has 5 nitrogen and oxygen atoms in total. The Morgan fingerprint density at radius 1 is 1.38 bits per heavy atom. The maximum absolute atomic E-state index is 13.8. The van der Waals surface area contributed by atoms with Crippen LogP contribution in [-0.4, -0.2) is 35.2 Å². The highest BCUT2D eigenvalue weighted by Crippen LogP contribution is 2.54. The van der Waals surface area contributed by atoms with Crippen LogP contribution in [0.3, 0.4) is 0 Å². The first-order valence-corrected chi connectivity index (χ1v) is 10.7. The van der Waals surface area contributed by atoms with Crippen LogP contribution < -0.4 is 0 Å². The van der Waals surface area contributed by atoms with E-state index < -0.39 is 17.7 Å². The molecule has 9 heteroatoms.